The van der Waals surface area contributed by atoms with Gasteiger partial charge in [-0.3, -0.25) is 9.69 Å². The molecule has 106 valence electrons. The van der Waals surface area contributed by atoms with E-state index >= 15 is 0 Å². The first-order chi connectivity index (χ1) is 9.19. The van der Waals surface area contributed by atoms with Gasteiger partial charge in [0.25, 0.3) is 0 Å². The molecule has 2 heterocycles. The molecule has 19 heavy (non-hydrogen) atoms. The second-order valence-electron chi connectivity index (χ2n) is 4.75. The monoisotopic (exact) mass is 267 g/mol. The van der Waals surface area contributed by atoms with E-state index in [4.69, 9.17) is 4.42 Å². The zero-order valence-corrected chi connectivity index (χ0v) is 11.6. The first-order valence-corrected chi connectivity index (χ1v) is 6.67. The number of piperazine rings is 1. The van der Waals surface area contributed by atoms with Gasteiger partial charge in [0.2, 0.25) is 17.7 Å². The number of nitrogens with one attached hydrogen (secondary N) is 1. The molecule has 1 fully saturated rings. The Labute approximate surface area is 113 Å². The van der Waals surface area contributed by atoms with Crippen molar-refractivity contribution in [3.8, 4) is 0 Å². The molecule has 0 aromatic carbocycles. The van der Waals surface area contributed by atoms with Crippen LogP contribution in [-0.4, -0.2) is 65.7 Å². The molecule has 0 saturated carbocycles. The molecule has 7 nitrogen and oxygen atoms in total. The van der Waals surface area contributed by atoms with Crippen molar-refractivity contribution in [2.24, 2.45) is 0 Å². The zero-order valence-electron chi connectivity index (χ0n) is 11.6. The van der Waals surface area contributed by atoms with Crippen molar-refractivity contribution in [1.82, 2.24) is 25.3 Å². The molecule has 1 saturated heterocycles. The normalized spacial score (nSPS) is 16.1. The van der Waals surface area contributed by atoms with Gasteiger partial charge in [0.1, 0.15) is 0 Å². The summed E-state index contributed by atoms with van der Waals surface area (Å²) < 4.78 is 5.43. The van der Waals surface area contributed by atoms with Crippen LogP contribution in [0.5, 0.6) is 0 Å². The number of aromatic nitrogens is 2. The summed E-state index contributed by atoms with van der Waals surface area (Å²) in [5, 5.41) is 11.1. The van der Waals surface area contributed by atoms with E-state index in [1.54, 1.807) is 0 Å². The van der Waals surface area contributed by atoms with Crippen molar-refractivity contribution in [3.63, 3.8) is 0 Å². The summed E-state index contributed by atoms with van der Waals surface area (Å²) in [6, 6.07) is 0. The lowest BCUT2D eigenvalue weighted by Gasteiger charge is -2.28. The number of amides is 1. The molecule has 1 aliphatic rings. The molecule has 2 rings (SSSR count). The highest BCUT2D eigenvalue weighted by atomic mass is 16.4. The molecule has 0 aliphatic carbocycles. The number of likely N-dealkylation sites (N-methyl/N-ethyl adjacent to an activating group) is 1. The van der Waals surface area contributed by atoms with Crippen molar-refractivity contribution < 1.29 is 9.21 Å². The standard InChI is InChI=1S/C12H21N5O2/c1-3-10-14-15-11(19-10)8-16(2)9-12(18)17-6-4-13-5-7-17/h13H,3-9H2,1-2H3. The summed E-state index contributed by atoms with van der Waals surface area (Å²) in [5.74, 6) is 1.35. The topological polar surface area (TPSA) is 74.5 Å². The minimum absolute atomic E-state index is 0.152. The van der Waals surface area contributed by atoms with Crippen LogP contribution in [-0.2, 0) is 17.8 Å². The fourth-order valence-corrected chi connectivity index (χ4v) is 2.03. The van der Waals surface area contributed by atoms with E-state index in [0.717, 1.165) is 32.6 Å². The minimum atomic E-state index is 0.152. The maximum atomic E-state index is 12.0. The van der Waals surface area contributed by atoms with Crippen LogP contribution in [0.2, 0.25) is 0 Å². The van der Waals surface area contributed by atoms with E-state index in [2.05, 4.69) is 15.5 Å². The number of hydrogen-bond donors (Lipinski definition) is 1. The van der Waals surface area contributed by atoms with E-state index < -0.39 is 0 Å². The predicted molar refractivity (Wildman–Crippen MR) is 69.5 cm³/mol. The van der Waals surface area contributed by atoms with Crippen LogP contribution in [0.25, 0.3) is 0 Å². The number of aryl methyl sites for hydroxylation is 1. The third-order valence-electron chi connectivity index (χ3n) is 3.09. The molecule has 0 spiro atoms. The molecule has 1 amide bonds. The Kier molecular flexibility index (Phi) is 4.86. The van der Waals surface area contributed by atoms with Gasteiger partial charge < -0.3 is 14.6 Å². The summed E-state index contributed by atoms with van der Waals surface area (Å²) in [4.78, 5) is 15.8. The summed E-state index contributed by atoms with van der Waals surface area (Å²) in [7, 11) is 1.88. The second kappa shape index (κ2) is 6.63. The number of nitrogens with zero attached hydrogens (tertiary/aromatic N) is 4. The second-order valence-corrected chi connectivity index (χ2v) is 4.75. The van der Waals surface area contributed by atoms with Gasteiger partial charge in [0, 0.05) is 32.6 Å². The van der Waals surface area contributed by atoms with Crippen molar-refractivity contribution >= 4 is 5.91 Å². The Bertz CT molecular complexity index is 414. The van der Waals surface area contributed by atoms with Crippen LogP contribution in [0.3, 0.4) is 0 Å². The largest absolute Gasteiger partial charge is 0.424 e. The molecule has 1 aromatic rings. The maximum Gasteiger partial charge on any atom is 0.236 e. The van der Waals surface area contributed by atoms with Crippen LogP contribution in [0.1, 0.15) is 18.7 Å². The Morgan fingerprint density at radius 3 is 2.68 bits per heavy atom. The number of rotatable bonds is 5. The van der Waals surface area contributed by atoms with E-state index in [1.165, 1.54) is 0 Å². The first kappa shape index (κ1) is 14.0. The van der Waals surface area contributed by atoms with Crippen LogP contribution in [0.15, 0.2) is 4.42 Å². The molecular weight excluding hydrogens is 246 g/mol. The average Bonchev–Trinajstić information content (AvgIpc) is 2.87. The lowest BCUT2D eigenvalue weighted by molar-refractivity contribution is -0.132. The average molecular weight is 267 g/mol. The Hall–Kier alpha value is -1.47. The SMILES string of the molecule is CCc1nnc(CN(C)CC(=O)N2CCNCC2)o1. The summed E-state index contributed by atoms with van der Waals surface area (Å²) in [5.41, 5.74) is 0. The fraction of sp³-hybridized carbons (Fsp3) is 0.750. The number of hydrogen-bond acceptors (Lipinski definition) is 6. The molecule has 1 aliphatic heterocycles. The van der Waals surface area contributed by atoms with Crippen LogP contribution >= 0.6 is 0 Å². The van der Waals surface area contributed by atoms with Crippen LogP contribution in [0, 0.1) is 0 Å². The van der Waals surface area contributed by atoms with Crippen molar-refractivity contribution in [1.29, 1.82) is 0 Å². The van der Waals surface area contributed by atoms with Gasteiger partial charge in [0.05, 0.1) is 13.1 Å². The van der Waals surface area contributed by atoms with Crippen LogP contribution in [0.4, 0.5) is 0 Å². The number of carbonyl (C=O) groups is 1. The summed E-state index contributed by atoms with van der Waals surface area (Å²) in [6.07, 6.45) is 0.733. The molecule has 0 radical (unpaired) electrons. The smallest absolute Gasteiger partial charge is 0.236 e. The van der Waals surface area contributed by atoms with E-state index in [9.17, 15) is 4.79 Å². The molecule has 7 heteroatoms. The Morgan fingerprint density at radius 1 is 1.37 bits per heavy atom. The zero-order chi connectivity index (χ0) is 13.7. The van der Waals surface area contributed by atoms with Gasteiger partial charge in [-0.15, -0.1) is 10.2 Å². The molecule has 0 bridgehead atoms. The van der Waals surface area contributed by atoms with Crippen LogP contribution < -0.4 is 5.32 Å². The quantitative estimate of drug-likeness (QED) is 0.775. The minimum Gasteiger partial charge on any atom is -0.424 e. The lowest BCUT2D eigenvalue weighted by Crippen LogP contribution is -2.49. The Balaban J connectivity index is 1.79. The fourth-order valence-electron chi connectivity index (χ4n) is 2.03. The lowest BCUT2D eigenvalue weighted by atomic mass is 10.3. The Morgan fingerprint density at radius 2 is 2.05 bits per heavy atom. The van der Waals surface area contributed by atoms with Gasteiger partial charge >= 0.3 is 0 Å². The van der Waals surface area contributed by atoms with Gasteiger partial charge in [-0.1, -0.05) is 6.92 Å². The van der Waals surface area contributed by atoms with Crippen molar-refractivity contribution in [2.45, 2.75) is 19.9 Å². The molecular formula is C12H21N5O2. The van der Waals surface area contributed by atoms with Gasteiger partial charge in [-0.2, -0.15) is 0 Å². The third kappa shape index (κ3) is 4.00. The molecule has 1 aromatic heterocycles. The van der Waals surface area contributed by atoms with E-state index in [1.807, 2.05) is 23.8 Å². The van der Waals surface area contributed by atoms with Gasteiger partial charge in [-0.25, -0.2) is 0 Å². The van der Waals surface area contributed by atoms with Gasteiger partial charge in [-0.05, 0) is 7.05 Å². The summed E-state index contributed by atoms with van der Waals surface area (Å²) in [6.45, 7) is 6.17. The maximum absolute atomic E-state index is 12.0. The highest BCUT2D eigenvalue weighted by Gasteiger charge is 2.18. The van der Waals surface area contributed by atoms with E-state index in [-0.39, 0.29) is 5.91 Å². The highest BCUT2D eigenvalue weighted by molar-refractivity contribution is 5.78. The third-order valence-corrected chi connectivity index (χ3v) is 3.09. The number of carbonyl (C=O) groups excluding carboxylic acids is 1. The predicted octanol–water partition coefficient (Wildman–Crippen LogP) is -0.504. The van der Waals surface area contributed by atoms with Crippen molar-refractivity contribution in [3.05, 3.63) is 11.8 Å². The highest BCUT2D eigenvalue weighted by Crippen LogP contribution is 2.04. The molecule has 0 atom stereocenters. The first-order valence-electron chi connectivity index (χ1n) is 6.67. The molecule has 1 N–H and O–H groups in total. The van der Waals surface area contributed by atoms with E-state index in [0.29, 0.717) is 24.9 Å². The van der Waals surface area contributed by atoms with Gasteiger partial charge in [0.15, 0.2) is 0 Å². The van der Waals surface area contributed by atoms with Crippen molar-refractivity contribution in [2.75, 3.05) is 39.8 Å². The summed E-state index contributed by atoms with van der Waals surface area (Å²) >= 11 is 0. The molecule has 0 unspecified atom stereocenters.